The van der Waals surface area contributed by atoms with Crippen molar-refractivity contribution in [2.24, 2.45) is 0 Å². The van der Waals surface area contributed by atoms with E-state index in [1.807, 2.05) is 0 Å². The zero-order valence-electron chi connectivity index (χ0n) is 20.4. The van der Waals surface area contributed by atoms with Gasteiger partial charge in [-0.2, -0.15) is 0 Å². The van der Waals surface area contributed by atoms with Gasteiger partial charge in [0.1, 0.15) is 0 Å². The highest BCUT2D eigenvalue weighted by molar-refractivity contribution is 7.03. The summed E-state index contributed by atoms with van der Waals surface area (Å²) in [4.78, 5) is 5.00. The van der Waals surface area contributed by atoms with Gasteiger partial charge in [-0.15, -0.1) is 0 Å². The van der Waals surface area contributed by atoms with Crippen LogP contribution >= 0.6 is 0 Å². The summed E-state index contributed by atoms with van der Waals surface area (Å²) in [7, 11) is 0. The lowest BCUT2D eigenvalue weighted by Gasteiger charge is -2.43. The molecule has 0 aliphatic carbocycles. The van der Waals surface area contributed by atoms with Crippen LogP contribution in [0.4, 0.5) is 34.1 Å². The van der Waals surface area contributed by atoms with Gasteiger partial charge in [0.2, 0.25) is 0 Å². The molecule has 0 bridgehead atoms. The van der Waals surface area contributed by atoms with Crippen molar-refractivity contribution in [3.05, 3.63) is 115 Å². The van der Waals surface area contributed by atoms with Crippen molar-refractivity contribution in [3.63, 3.8) is 0 Å². The molecule has 5 aromatic carbocycles. The second-order valence-electron chi connectivity index (χ2n) is 10.4. The van der Waals surface area contributed by atoms with E-state index < -0.39 is 0 Å². The topological polar surface area (TPSA) is 6.48 Å². The lowest BCUT2D eigenvalue weighted by Crippen LogP contribution is -2.59. The molecule has 0 radical (unpaired) electrons. The highest BCUT2D eigenvalue weighted by Gasteiger charge is 2.48. The van der Waals surface area contributed by atoms with Crippen molar-refractivity contribution >= 4 is 57.2 Å². The first-order chi connectivity index (χ1) is 17.7. The Morgan fingerprint density at radius 1 is 0.500 bits per heavy atom. The largest absolute Gasteiger partial charge is 0.311 e. The van der Waals surface area contributed by atoms with Crippen molar-refractivity contribution in [1.29, 1.82) is 0 Å². The normalized spacial score (nSPS) is 13.9. The molecule has 3 aliphatic rings. The Hall–Kier alpha value is -4.24. The molecule has 3 heteroatoms. The lowest BCUT2D eigenvalue weighted by molar-refractivity contribution is 0.866. The summed E-state index contributed by atoms with van der Waals surface area (Å²) in [6.45, 7) is 4.86. The molecule has 3 aliphatic heterocycles. The van der Waals surface area contributed by atoms with E-state index in [9.17, 15) is 0 Å². The highest BCUT2D eigenvalue weighted by Crippen LogP contribution is 2.48. The number of hydrogen-bond acceptors (Lipinski definition) is 2. The molecule has 2 nitrogen and oxygen atoms in total. The second-order valence-corrected chi connectivity index (χ2v) is 10.4. The van der Waals surface area contributed by atoms with E-state index in [1.54, 1.807) is 0 Å². The number of benzene rings is 5. The molecule has 170 valence electrons. The van der Waals surface area contributed by atoms with Gasteiger partial charge in [0.15, 0.2) is 0 Å². The first-order valence-electron chi connectivity index (χ1n) is 12.9. The summed E-state index contributed by atoms with van der Waals surface area (Å²) < 4.78 is 0. The van der Waals surface area contributed by atoms with Gasteiger partial charge in [0.05, 0.1) is 0 Å². The number of anilines is 6. The minimum Gasteiger partial charge on any atom is -0.311 e. The Morgan fingerprint density at radius 2 is 0.972 bits per heavy atom. The van der Waals surface area contributed by atoms with Gasteiger partial charge in [0, 0.05) is 34.1 Å². The first kappa shape index (κ1) is 20.0. The second kappa shape index (κ2) is 7.14. The summed E-state index contributed by atoms with van der Waals surface area (Å²) >= 11 is 0. The third-order valence-corrected chi connectivity index (χ3v) is 8.14. The Bertz CT molecular complexity index is 1560. The average Bonchev–Trinajstić information content (AvgIpc) is 3.26. The van der Waals surface area contributed by atoms with Crippen LogP contribution in [0.15, 0.2) is 109 Å². The zero-order valence-corrected chi connectivity index (χ0v) is 20.4. The van der Waals surface area contributed by atoms with Gasteiger partial charge < -0.3 is 9.80 Å². The molecule has 0 aromatic heterocycles. The molecule has 0 N–H and O–H groups in total. The van der Waals surface area contributed by atoms with Gasteiger partial charge >= 0.3 is 0 Å². The van der Waals surface area contributed by atoms with Gasteiger partial charge in [0.25, 0.3) is 6.71 Å². The fraction of sp³-hybridized carbons (Fsp3) is 0.0909. The standard InChI is InChI=1S/C33H25BN2/c1-21(2)22-19-29-33-30(20-22)36(24-13-7-4-8-14-24)28-18-10-16-26-25-15-9-17-27(31(25)34(33)32(26)28)35(29)23-11-5-3-6-12-23/h3-21H,1-2H3. The molecule has 0 saturated heterocycles. The van der Waals surface area contributed by atoms with E-state index >= 15 is 0 Å². The minimum atomic E-state index is 0.258. The third kappa shape index (κ3) is 2.47. The quantitative estimate of drug-likeness (QED) is 0.266. The predicted octanol–water partition coefficient (Wildman–Crippen LogP) is 6.87. The van der Waals surface area contributed by atoms with Crippen LogP contribution in [-0.2, 0) is 0 Å². The van der Waals surface area contributed by atoms with Crippen molar-refractivity contribution in [2.45, 2.75) is 19.8 Å². The fourth-order valence-electron chi connectivity index (χ4n) is 6.62. The van der Waals surface area contributed by atoms with Crippen LogP contribution in [-0.4, -0.2) is 6.71 Å². The molecule has 0 amide bonds. The SMILES string of the molecule is CC(C)c1cc2c3c(c1)N(c1ccccc1)c1cccc4c1B3c1c-4cccc1N2c1ccccc1. The van der Waals surface area contributed by atoms with E-state index in [-0.39, 0.29) is 6.71 Å². The highest BCUT2D eigenvalue weighted by atomic mass is 15.2. The maximum absolute atomic E-state index is 2.50. The minimum absolute atomic E-state index is 0.258. The maximum atomic E-state index is 2.50. The number of para-hydroxylation sites is 2. The van der Waals surface area contributed by atoms with Crippen LogP contribution in [0.25, 0.3) is 11.1 Å². The molecule has 0 unspecified atom stereocenters. The van der Waals surface area contributed by atoms with E-state index in [0.717, 1.165) is 0 Å². The van der Waals surface area contributed by atoms with Crippen LogP contribution in [0.1, 0.15) is 25.3 Å². The number of nitrogens with zero attached hydrogens (tertiary/aromatic N) is 2. The number of fused-ring (bicyclic) bond motifs is 1. The fourth-order valence-corrected chi connectivity index (χ4v) is 6.62. The predicted molar refractivity (Wildman–Crippen MR) is 154 cm³/mol. The maximum Gasteiger partial charge on any atom is 0.253 e. The number of hydrogen-bond donors (Lipinski definition) is 0. The monoisotopic (exact) mass is 460 g/mol. The van der Waals surface area contributed by atoms with Gasteiger partial charge in [-0.1, -0.05) is 74.5 Å². The Balaban J connectivity index is 1.55. The Kier molecular flexibility index (Phi) is 3.97. The van der Waals surface area contributed by atoms with Crippen molar-refractivity contribution in [1.82, 2.24) is 0 Å². The van der Waals surface area contributed by atoms with Crippen molar-refractivity contribution in [3.8, 4) is 11.1 Å². The number of rotatable bonds is 3. The molecule has 8 rings (SSSR count). The summed E-state index contributed by atoms with van der Waals surface area (Å²) in [5.41, 5.74) is 16.1. The van der Waals surface area contributed by atoms with Gasteiger partial charge in [-0.25, -0.2) is 0 Å². The van der Waals surface area contributed by atoms with Crippen molar-refractivity contribution in [2.75, 3.05) is 9.80 Å². The third-order valence-electron chi connectivity index (χ3n) is 8.14. The van der Waals surface area contributed by atoms with E-state index in [1.165, 1.54) is 67.2 Å². The summed E-state index contributed by atoms with van der Waals surface area (Å²) in [5.74, 6) is 0.422. The Morgan fingerprint density at radius 3 is 1.42 bits per heavy atom. The van der Waals surface area contributed by atoms with Crippen LogP contribution in [0.3, 0.4) is 0 Å². The summed E-state index contributed by atoms with van der Waals surface area (Å²) in [6.07, 6.45) is 0. The van der Waals surface area contributed by atoms with Crippen LogP contribution in [0.2, 0.25) is 0 Å². The average molecular weight is 460 g/mol. The summed E-state index contributed by atoms with van der Waals surface area (Å²) in [5, 5.41) is 0. The molecule has 0 atom stereocenters. The Labute approximate surface area is 212 Å². The molecule has 0 saturated carbocycles. The lowest BCUT2D eigenvalue weighted by atomic mass is 9.35. The van der Waals surface area contributed by atoms with Crippen molar-refractivity contribution < 1.29 is 0 Å². The van der Waals surface area contributed by atoms with Crippen LogP contribution in [0, 0.1) is 0 Å². The molecule has 0 fully saturated rings. The van der Waals surface area contributed by atoms with Gasteiger partial charge in [-0.05, 0) is 87.5 Å². The molecule has 3 heterocycles. The molecular formula is C33H25BN2. The molecule has 36 heavy (non-hydrogen) atoms. The first-order valence-corrected chi connectivity index (χ1v) is 12.9. The molecular weight excluding hydrogens is 435 g/mol. The molecule has 5 aromatic rings. The van der Waals surface area contributed by atoms with Crippen LogP contribution < -0.4 is 26.2 Å². The van der Waals surface area contributed by atoms with E-state index in [0.29, 0.717) is 5.92 Å². The molecule has 0 spiro atoms. The summed E-state index contributed by atoms with van der Waals surface area (Å²) in [6, 6.07) is 40.3. The van der Waals surface area contributed by atoms with E-state index in [4.69, 9.17) is 0 Å². The van der Waals surface area contributed by atoms with Gasteiger partial charge in [-0.3, -0.25) is 0 Å². The van der Waals surface area contributed by atoms with Crippen LogP contribution in [0.5, 0.6) is 0 Å². The smallest absolute Gasteiger partial charge is 0.253 e. The zero-order chi connectivity index (χ0) is 24.0. The van der Waals surface area contributed by atoms with E-state index in [2.05, 4.69) is 133 Å².